The molecule has 1 saturated heterocycles. The van der Waals surface area contributed by atoms with Crippen molar-refractivity contribution in [1.82, 2.24) is 10.3 Å². The standard InChI is InChI=1S/C17H24N2/c1-11(2)14-4-5-17-16(9-14)15(12(3)19-17)8-13-6-7-18-10-13/h4-5,9,11,13,18-19H,6-8,10H2,1-3H3. The molecule has 2 nitrogen and oxygen atoms in total. The zero-order valence-corrected chi connectivity index (χ0v) is 12.2. The van der Waals surface area contributed by atoms with Crippen LogP contribution < -0.4 is 5.32 Å². The Hall–Kier alpha value is -1.28. The zero-order chi connectivity index (χ0) is 13.4. The Morgan fingerprint density at radius 1 is 1.32 bits per heavy atom. The first kappa shape index (κ1) is 12.7. The minimum Gasteiger partial charge on any atom is -0.358 e. The molecule has 0 bridgehead atoms. The Kier molecular flexibility index (Phi) is 3.36. The maximum absolute atomic E-state index is 3.55. The van der Waals surface area contributed by atoms with Gasteiger partial charge in [-0.2, -0.15) is 0 Å². The first-order chi connectivity index (χ1) is 9.15. The first-order valence-electron chi connectivity index (χ1n) is 7.47. The number of H-pyrrole nitrogens is 1. The maximum atomic E-state index is 3.55. The van der Waals surface area contributed by atoms with Gasteiger partial charge in [0.05, 0.1) is 0 Å². The molecule has 1 unspecified atom stereocenters. The number of aryl methyl sites for hydroxylation is 1. The smallest absolute Gasteiger partial charge is 0.0459 e. The highest BCUT2D eigenvalue weighted by Gasteiger charge is 2.18. The lowest BCUT2D eigenvalue weighted by Gasteiger charge is -2.10. The van der Waals surface area contributed by atoms with Crippen LogP contribution in [0.15, 0.2) is 18.2 Å². The van der Waals surface area contributed by atoms with Crippen LogP contribution in [-0.2, 0) is 6.42 Å². The fraction of sp³-hybridized carbons (Fsp3) is 0.529. The van der Waals surface area contributed by atoms with Crippen LogP contribution >= 0.6 is 0 Å². The lowest BCUT2D eigenvalue weighted by Crippen LogP contribution is -2.11. The van der Waals surface area contributed by atoms with Crippen LogP contribution in [-0.4, -0.2) is 18.1 Å². The third-order valence-electron chi connectivity index (χ3n) is 4.47. The number of fused-ring (bicyclic) bond motifs is 1. The van der Waals surface area contributed by atoms with E-state index in [9.17, 15) is 0 Å². The van der Waals surface area contributed by atoms with E-state index in [1.165, 1.54) is 53.7 Å². The fourth-order valence-corrected chi connectivity index (χ4v) is 3.20. The van der Waals surface area contributed by atoms with E-state index >= 15 is 0 Å². The fourth-order valence-electron chi connectivity index (χ4n) is 3.20. The van der Waals surface area contributed by atoms with Crippen LogP contribution in [0, 0.1) is 12.8 Å². The molecule has 1 fully saturated rings. The lowest BCUT2D eigenvalue weighted by atomic mass is 9.94. The van der Waals surface area contributed by atoms with E-state index in [2.05, 4.69) is 49.3 Å². The average Bonchev–Trinajstić information content (AvgIpc) is 2.98. The SMILES string of the molecule is Cc1[nH]c2ccc(C(C)C)cc2c1CC1CCNC1. The van der Waals surface area contributed by atoms with Gasteiger partial charge in [-0.15, -0.1) is 0 Å². The molecule has 2 heterocycles. The van der Waals surface area contributed by atoms with Crippen LogP contribution in [0.5, 0.6) is 0 Å². The van der Waals surface area contributed by atoms with Gasteiger partial charge >= 0.3 is 0 Å². The van der Waals surface area contributed by atoms with Gasteiger partial charge in [-0.3, -0.25) is 0 Å². The van der Waals surface area contributed by atoms with Gasteiger partial charge in [0.2, 0.25) is 0 Å². The number of benzene rings is 1. The summed E-state index contributed by atoms with van der Waals surface area (Å²) in [6.45, 7) is 9.11. The van der Waals surface area contributed by atoms with Crippen LogP contribution in [0.4, 0.5) is 0 Å². The topological polar surface area (TPSA) is 27.8 Å². The highest BCUT2D eigenvalue weighted by molar-refractivity contribution is 5.85. The predicted molar refractivity (Wildman–Crippen MR) is 81.8 cm³/mol. The average molecular weight is 256 g/mol. The molecule has 1 aliphatic rings. The highest BCUT2D eigenvalue weighted by Crippen LogP contribution is 2.29. The minimum absolute atomic E-state index is 0.598. The molecule has 19 heavy (non-hydrogen) atoms. The molecule has 1 aromatic carbocycles. The molecular weight excluding hydrogens is 232 g/mol. The second-order valence-electron chi connectivity index (χ2n) is 6.25. The summed E-state index contributed by atoms with van der Waals surface area (Å²) in [6.07, 6.45) is 2.52. The summed E-state index contributed by atoms with van der Waals surface area (Å²) < 4.78 is 0. The Morgan fingerprint density at radius 2 is 2.16 bits per heavy atom. The van der Waals surface area contributed by atoms with Crippen molar-refractivity contribution in [1.29, 1.82) is 0 Å². The van der Waals surface area contributed by atoms with Crippen LogP contribution in [0.1, 0.15) is 43.0 Å². The van der Waals surface area contributed by atoms with E-state index in [1.807, 2.05) is 0 Å². The van der Waals surface area contributed by atoms with E-state index in [1.54, 1.807) is 0 Å². The highest BCUT2D eigenvalue weighted by atomic mass is 14.9. The monoisotopic (exact) mass is 256 g/mol. The van der Waals surface area contributed by atoms with Crippen molar-refractivity contribution in [3.8, 4) is 0 Å². The molecule has 0 aliphatic carbocycles. The van der Waals surface area contributed by atoms with E-state index < -0.39 is 0 Å². The Morgan fingerprint density at radius 3 is 2.84 bits per heavy atom. The number of hydrogen-bond acceptors (Lipinski definition) is 1. The van der Waals surface area contributed by atoms with E-state index in [4.69, 9.17) is 0 Å². The van der Waals surface area contributed by atoms with Crippen molar-refractivity contribution in [2.75, 3.05) is 13.1 Å². The van der Waals surface area contributed by atoms with Gasteiger partial charge in [-0.25, -0.2) is 0 Å². The quantitative estimate of drug-likeness (QED) is 0.860. The summed E-state index contributed by atoms with van der Waals surface area (Å²) in [6, 6.07) is 6.89. The van der Waals surface area contributed by atoms with Crippen molar-refractivity contribution in [3.63, 3.8) is 0 Å². The second-order valence-corrected chi connectivity index (χ2v) is 6.25. The summed E-state index contributed by atoms with van der Waals surface area (Å²) in [5.74, 6) is 1.40. The number of nitrogens with one attached hydrogen (secondary N) is 2. The Balaban J connectivity index is 2.00. The summed E-state index contributed by atoms with van der Waals surface area (Å²) in [5, 5.41) is 4.91. The third-order valence-corrected chi connectivity index (χ3v) is 4.47. The van der Waals surface area contributed by atoms with Crippen molar-refractivity contribution in [2.24, 2.45) is 5.92 Å². The summed E-state index contributed by atoms with van der Waals surface area (Å²) in [5.41, 5.74) is 5.62. The Labute approximate surface area is 115 Å². The lowest BCUT2D eigenvalue weighted by molar-refractivity contribution is 0.580. The molecule has 3 rings (SSSR count). The van der Waals surface area contributed by atoms with Gasteiger partial charge < -0.3 is 10.3 Å². The molecule has 1 aliphatic heterocycles. The summed E-state index contributed by atoms with van der Waals surface area (Å²) >= 11 is 0. The van der Waals surface area contributed by atoms with Gasteiger partial charge in [0, 0.05) is 16.6 Å². The molecule has 0 amide bonds. The van der Waals surface area contributed by atoms with Gasteiger partial charge in [-0.1, -0.05) is 19.9 Å². The molecule has 2 aromatic rings. The molecule has 2 heteroatoms. The number of aromatic nitrogens is 1. The van der Waals surface area contributed by atoms with Gasteiger partial charge in [-0.05, 0) is 68.0 Å². The normalized spacial score (nSPS) is 19.7. The molecular formula is C17H24N2. The van der Waals surface area contributed by atoms with E-state index in [0.717, 1.165) is 5.92 Å². The maximum Gasteiger partial charge on any atom is 0.0459 e. The van der Waals surface area contributed by atoms with Crippen LogP contribution in [0.25, 0.3) is 10.9 Å². The molecule has 0 spiro atoms. The number of rotatable bonds is 3. The van der Waals surface area contributed by atoms with Crippen molar-refractivity contribution in [2.45, 2.75) is 39.5 Å². The van der Waals surface area contributed by atoms with Crippen molar-refractivity contribution >= 4 is 10.9 Å². The third kappa shape index (κ3) is 2.42. The van der Waals surface area contributed by atoms with E-state index in [0.29, 0.717) is 5.92 Å². The van der Waals surface area contributed by atoms with Gasteiger partial charge in [0.1, 0.15) is 0 Å². The Bertz CT molecular complexity index is 574. The van der Waals surface area contributed by atoms with Crippen molar-refractivity contribution in [3.05, 3.63) is 35.0 Å². The van der Waals surface area contributed by atoms with E-state index in [-0.39, 0.29) is 0 Å². The van der Waals surface area contributed by atoms with Gasteiger partial charge in [0.15, 0.2) is 0 Å². The van der Waals surface area contributed by atoms with Crippen molar-refractivity contribution < 1.29 is 0 Å². The first-order valence-corrected chi connectivity index (χ1v) is 7.47. The zero-order valence-electron chi connectivity index (χ0n) is 12.2. The molecule has 2 N–H and O–H groups in total. The second kappa shape index (κ2) is 5.01. The van der Waals surface area contributed by atoms with Gasteiger partial charge in [0.25, 0.3) is 0 Å². The largest absolute Gasteiger partial charge is 0.358 e. The molecule has 1 aromatic heterocycles. The number of aromatic amines is 1. The van der Waals surface area contributed by atoms with Crippen LogP contribution in [0.2, 0.25) is 0 Å². The molecule has 0 saturated carbocycles. The number of hydrogen-bond donors (Lipinski definition) is 2. The molecule has 102 valence electrons. The minimum atomic E-state index is 0.598. The predicted octanol–water partition coefficient (Wildman–Crippen LogP) is 3.75. The molecule has 1 atom stereocenters. The summed E-state index contributed by atoms with van der Waals surface area (Å²) in [7, 11) is 0. The van der Waals surface area contributed by atoms with Crippen LogP contribution in [0.3, 0.4) is 0 Å². The summed E-state index contributed by atoms with van der Waals surface area (Å²) in [4.78, 5) is 3.55. The molecule has 0 radical (unpaired) electrons.